The van der Waals surface area contributed by atoms with E-state index in [1.807, 2.05) is 6.08 Å². The summed E-state index contributed by atoms with van der Waals surface area (Å²) in [5, 5.41) is 0. The molecule has 2 N–H and O–H groups in total. The van der Waals surface area contributed by atoms with Crippen LogP contribution in [0.15, 0.2) is 17.6 Å². The number of nitrogens with zero attached hydrogens (tertiary/aromatic N) is 2. The molecule has 152 valence electrons. The molecule has 3 rings (SSSR count). The Hall–Kier alpha value is -1.32. The van der Waals surface area contributed by atoms with Gasteiger partial charge in [0.1, 0.15) is 5.54 Å². The van der Waals surface area contributed by atoms with Crippen molar-refractivity contribution in [2.45, 2.75) is 95.4 Å². The summed E-state index contributed by atoms with van der Waals surface area (Å²) in [5.41, 5.74) is 5.51. The standard InChI is InChI=1S/C23H39N3O/c1-3-4-9-19-12-8-13-20(16-19)17-23(21(27)26(2)22(24)25-23)15-14-18-10-6-5-7-11-18/h3,18-20H,1,4-17H2,2H3,(H2,24,25)/t19-,20-,23-/m1/s1. The SMILES string of the molecule is C=CCC[C@@H]1CCC[C@@H](C[C@@]2(CCC3CCCCC3)N=C(N)N(C)C2=O)C1. The zero-order valence-corrected chi connectivity index (χ0v) is 17.3. The van der Waals surface area contributed by atoms with Gasteiger partial charge in [-0.25, -0.2) is 4.99 Å². The first-order valence-corrected chi connectivity index (χ1v) is 11.3. The molecule has 0 saturated heterocycles. The van der Waals surface area contributed by atoms with Gasteiger partial charge in [-0.15, -0.1) is 6.58 Å². The number of hydrogen-bond donors (Lipinski definition) is 1. The van der Waals surface area contributed by atoms with Crippen molar-refractivity contribution in [2.75, 3.05) is 7.05 Å². The van der Waals surface area contributed by atoms with Crippen LogP contribution in [0.5, 0.6) is 0 Å². The minimum atomic E-state index is -0.582. The average Bonchev–Trinajstić information content (AvgIpc) is 2.90. The third-order valence-corrected chi connectivity index (χ3v) is 7.36. The molecule has 2 aliphatic carbocycles. The number of rotatable bonds is 8. The van der Waals surface area contributed by atoms with E-state index in [2.05, 4.69) is 6.58 Å². The first-order valence-electron chi connectivity index (χ1n) is 11.3. The van der Waals surface area contributed by atoms with E-state index >= 15 is 0 Å². The Morgan fingerprint density at radius 1 is 1.11 bits per heavy atom. The van der Waals surface area contributed by atoms with Crippen molar-refractivity contribution in [1.29, 1.82) is 0 Å². The number of amides is 1. The van der Waals surface area contributed by atoms with Gasteiger partial charge >= 0.3 is 0 Å². The van der Waals surface area contributed by atoms with E-state index in [0.29, 0.717) is 11.9 Å². The molecule has 2 saturated carbocycles. The van der Waals surface area contributed by atoms with Crippen molar-refractivity contribution >= 4 is 11.9 Å². The maximum absolute atomic E-state index is 13.2. The van der Waals surface area contributed by atoms with E-state index in [9.17, 15) is 4.79 Å². The fraction of sp³-hybridized carbons (Fsp3) is 0.826. The lowest BCUT2D eigenvalue weighted by Crippen LogP contribution is -2.44. The van der Waals surface area contributed by atoms with Crippen LogP contribution in [0.4, 0.5) is 0 Å². The lowest BCUT2D eigenvalue weighted by molar-refractivity contribution is -0.131. The monoisotopic (exact) mass is 373 g/mol. The quantitative estimate of drug-likeness (QED) is 0.606. The highest BCUT2D eigenvalue weighted by atomic mass is 16.2. The number of hydrogen-bond acceptors (Lipinski definition) is 3. The molecule has 4 heteroatoms. The fourth-order valence-corrected chi connectivity index (χ4v) is 5.76. The molecule has 1 aliphatic heterocycles. The number of allylic oxidation sites excluding steroid dienone is 1. The van der Waals surface area contributed by atoms with Crippen LogP contribution in [-0.4, -0.2) is 29.4 Å². The molecule has 0 aromatic carbocycles. The van der Waals surface area contributed by atoms with Crippen molar-refractivity contribution in [3.05, 3.63) is 12.7 Å². The van der Waals surface area contributed by atoms with Crippen molar-refractivity contribution < 1.29 is 4.79 Å². The van der Waals surface area contributed by atoms with E-state index < -0.39 is 5.54 Å². The third-order valence-electron chi connectivity index (χ3n) is 7.36. The zero-order chi connectivity index (χ0) is 19.3. The summed E-state index contributed by atoms with van der Waals surface area (Å²) in [7, 11) is 1.79. The van der Waals surface area contributed by atoms with E-state index in [1.54, 1.807) is 11.9 Å². The first-order chi connectivity index (χ1) is 13.0. The van der Waals surface area contributed by atoms with Crippen molar-refractivity contribution in [1.82, 2.24) is 4.90 Å². The Morgan fingerprint density at radius 3 is 2.48 bits per heavy atom. The number of nitrogens with two attached hydrogens (primary N) is 1. The number of guanidine groups is 1. The molecule has 0 spiro atoms. The van der Waals surface area contributed by atoms with Crippen LogP contribution in [-0.2, 0) is 4.79 Å². The van der Waals surface area contributed by atoms with Crippen LogP contribution < -0.4 is 5.73 Å². The predicted molar refractivity (Wildman–Crippen MR) is 112 cm³/mol. The molecule has 27 heavy (non-hydrogen) atoms. The van der Waals surface area contributed by atoms with Crippen LogP contribution in [0.3, 0.4) is 0 Å². The smallest absolute Gasteiger partial charge is 0.257 e. The lowest BCUT2D eigenvalue weighted by atomic mass is 9.72. The van der Waals surface area contributed by atoms with Crippen molar-refractivity contribution in [2.24, 2.45) is 28.5 Å². The Kier molecular flexibility index (Phi) is 6.99. The van der Waals surface area contributed by atoms with Gasteiger partial charge in [0.05, 0.1) is 0 Å². The lowest BCUT2D eigenvalue weighted by Gasteiger charge is -2.35. The molecular weight excluding hydrogens is 334 g/mol. The maximum Gasteiger partial charge on any atom is 0.257 e. The Balaban J connectivity index is 1.66. The summed E-state index contributed by atoms with van der Waals surface area (Å²) < 4.78 is 0. The van der Waals surface area contributed by atoms with E-state index in [0.717, 1.165) is 37.5 Å². The van der Waals surface area contributed by atoms with Gasteiger partial charge in [0.15, 0.2) is 5.96 Å². The van der Waals surface area contributed by atoms with Crippen LogP contribution in [0.1, 0.15) is 89.9 Å². The Morgan fingerprint density at radius 2 is 1.81 bits per heavy atom. The highest BCUT2D eigenvalue weighted by molar-refractivity contribution is 6.06. The molecule has 0 aromatic heterocycles. The molecule has 0 radical (unpaired) electrons. The largest absolute Gasteiger partial charge is 0.369 e. The van der Waals surface area contributed by atoms with Gasteiger partial charge in [-0.3, -0.25) is 9.69 Å². The minimum absolute atomic E-state index is 0.143. The number of likely N-dealkylation sites (N-methyl/N-ethyl adjacent to an activating group) is 1. The highest BCUT2D eigenvalue weighted by Gasteiger charge is 2.47. The summed E-state index contributed by atoms with van der Waals surface area (Å²) in [6.45, 7) is 3.87. The summed E-state index contributed by atoms with van der Waals surface area (Å²) in [6, 6.07) is 0. The van der Waals surface area contributed by atoms with E-state index in [4.69, 9.17) is 10.7 Å². The van der Waals surface area contributed by atoms with Gasteiger partial charge < -0.3 is 5.73 Å². The molecule has 3 aliphatic rings. The fourth-order valence-electron chi connectivity index (χ4n) is 5.76. The van der Waals surface area contributed by atoms with Crippen LogP contribution in [0, 0.1) is 17.8 Å². The van der Waals surface area contributed by atoms with Crippen molar-refractivity contribution in [3.8, 4) is 0 Å². The summed E-state index contributed by atoms with van der Waals surface area (Å²) in [5.74, 6) is 2.73. The van der Waals surface area contributed by atoms with E-state index in [-0.39, 0.29) is 5.91 Å². The second-order valence-electron chi connectivity index (χ2n) is 9.38. The van der Waals surface area contributed by atoms with Gasteiger partial charge in [0, 0.05) is 7.05 Å². The normalized spacial score (nSPS) is 32.6. The van der Waals surface area contributed by atoms with Crippen LogP contribution in [0.2, 0.25) is 0 Å². The third kappa shape index (κ3) is 4.94. The average molecular weight is 374 g/mol. The molecule has 3 atom stereocenters. The summed E-state index contributed by atoms with van der Waals surface area (Å²) in [6.07, 6.45) is 19.1. The van der Waals surface area contributed by atoms with Crippen molar-refractivity contribution in [3.63, 3.8) is 0 Å². The van der Waals surface area contributed by atoms with E-state index in [1.165, 1.54) is 64.2 Å². The predicted octanol–water partition coefficient (Wildman–Crippen LogP) is 5.04. The van der Waals surface area contributed by atoms with Gasteiger partial charge in [-0.2, -0.15) is 0 Å². The number of carbonyl (C=O) groups excluding carboxylic acids is 1. The van der Waals surface area contributed by atoms with Gasteiger partial charge in [-0.1, -0.05) is 57.4 Å². The van der Waals surface area contributed by atoms with Crippen LogP contribution >= 0.6 is 0 Å². The van der Waals surface area contributed by atoms with Gasteiger partial charge in [-0.05, 0) is 56.3 Å². The number of aliphatic imine (C=N–C) groups is 1. The molecule has 0 aromatic rings. The topological polar surface area (TPSA) is 58.7 Å². The Labute approximate surface area is 165 Å². The number of carbonyl (C=O) groups is 1. The minimum Gasteiger partial charge on any atom is -0.369 e. The first kappa shape index (κ1) is 20.4. The molecule has 1 heterocycles. The molecule has 0 bridgehead atoms. The second kappa shape index (κ2) is 9.25. The molecule has 4 nitrogen and oxygen atoms in total. The molecular formula is C23H39N3O. The Bertz CT molecular complexity index is 552. The summed E-state index contributed by atoms with van der Waals surface area (Å²) >= 11 is 0. The van der Waals surface area contributed by atoms with Gasteiger partial charge in [0.25, 0.3) is 5.91 Å². The summed E-state index contributed by atoms with van der Waals surface area (Å²) in [4.78, 5) is 19.6. The van der Waals surface area contributed by atoms with Crippen LogP contribution in [0.25, 0.3) is 0 Å². The molecule has 2 fully saturated rings. The zero-order valence-electron chi connectivity index (χ0n) is 17.3. The molecule has 1 amide bonds. The highest BCUT2D eigenvalue weighted by Crippen LogP contribution is 2.42. The maximum atomic E-state index is 13.2. The second-order valence-corrected chi connectivity index (χ2v) is 9.38. The molecule has 0 unspecified atom stereocenters. The van der Waals surface area contributed by atoms with Gasteiger partial charge in [0.2, 0.25) is 0 Å².